The molecule has 2 aliphatic heterocycles. The minimum atomic E-state index is -1.09. The zero-order chi connectivity index (χ0) is 15.9. The Balaban J connectivity index is 1.78. The van der Waals surface area contributed by atoms with E-state index in [-0.39, 0.29) is 17.0 Å². The highest BCUT2D eigenvalue weighted by Gasteiger charge is 2.51. The second-order valence-corrected chi connectivity index (χ2v) is 6.91. The van der Waals surface area contributed by atoms with Crippen LogP contribution in [0.15, 0.2) is 22.8 Å². The summed E-state index contributed by atoms with van der Waals surface area (Å²) in [5, 5.41) is 14.0. The number of nitrogens with two attached hydrogens (primary N) is 1. The Hall–Kier alpha value is -1.52. The van der Waals surface area contributed by atoms with Gasteiger partial charge in [0, 0.05) is 18.1 Å². The molecule has 1 aromatic heterocycles. The van der Waals surface area contributed by atoms with Gasteiger partial charge >= 0.3 is 5.97 Å². The predicted octanol–water partition coefficient (Wildman–Crippen LogP) is -0.0288. The van der Waals surface area contributed by atoms with Gasteiger partial charge in [-0.15, -0.1) is 16.9 Å². The number of β-lactam (4-membered cyclic amide) rings is 1. The quantitative estimate of drug-likeness (QED) is 0.567. The standard InChI is InChI=1S/C12H15N5O3S2/c1-2-16-5-14-12(15-16)22-4-6-3-21-10-7(13)9(18)17(10)8(6)11(19)20/h5,7,10H,2-4,13H2,1H3,(H,19,20)/t7?,10-/m1/s1. The zero-order valence-electron chi connectivity index (χ0n) is 11.8. The number of aromatic nitrogens is 3. The molecular formula is C12H15N5O3S2. The van der Waals surface area contributed by atoms with Crippen molar-refractivity contribution < 1.29 is 14.7 Å². The smallest absolute Gasteiger partial charge is 0.352 e. The molecular weight excluding hydrogens is 326 g/mol. The van der Waals surface area contributed by atoms with E-state index in [4.69, 9.17) is 5.73 Å². The van der Waals surface area contributed by atoms with Crippen molar-refractivity contribution in [1.82, 2.24) is 19.7 Å². The minimum absolute atomic E-state index is 0.0675. The van der Waals surface area contributed by atoms with Gasteiger partial charge < -0.3 is 10.8 Å². The van der Waals surface area contributed by atoms with Gasteiger partial charge in [-0.3, -0.25) is 14.4 Å². The number of fused-ring (bicyclic) bond motifs is 1. The zero-order valence-corrected chi connectivity index (χ0v) is 13.4. The Kier molecular flexibility index (Phi) is 4.15. The average Bonchev–Trinajstić information content (AvgIpc) is 2.99. The lowest BCUT2D eigenvalue weighted by molar-refractivity contribution is -0.147. The Morgan fingerprint density at radius 2 is 2.41 bits per heavy atom. The first-order valence-corrected chi connectivity index (χ1v) is 8.74. The number of hydrogen-bond acceptors (Lipinski definition) is 7. The number of hydrogen-bond donors (Lipinski definition) is 2. The highest BCUT2D eigenvalue weighted by atomic mass is 32.2. The first-order valence-electron chi connectivity index (χ1n) is 6.70. The van der Waals surface area contributed by atoms with Crippen molar-refractivity contribution in [3.63, 3.8) is 0 Å². The molecule has 3 N–H and O–H groups in total. The largest absolute Gasteiger partial charge is 0.477 e. The van der Waals surface area contributed by atoms with Gasteiger partial charge in [0.2, 0.25) is 11.1 Å². The molecule has 1 aromatic rings. The summed E-state index contributed by atoms with van der Waals surface area (Å²) in [5.41, 5.74) is 6.48. The molecule has 1 fully saturated rings. The van der Waals surface area contributed by atoms with Gasteiger partial charge in [0.15, 0.2) is 0 Å². The summed E-state index contributed by atoms with van der Waals surface area (Å²) in [6, 6.07) is -0.601. The van der Waals surface area contributed by atoms with E-state index in [1.165, 1.54) is 28.4 Å². The molecule has 3 heterocycles. The van der Waals surface area contributed by atoms with Crippen molar-refractivity contribution >= 4 is 35.4 Å². The van der Waals surface area contributed by atoms with Crippen molar-refractivity contribution in [3.05, 3.63) is 17.6 Å². The Labute approximate surface area is 135 Å². The summed E-state index contributed by atoms with van der Waals surface area (Å²) < 4.78 is 1.71. The molecule has 0 aliphatic carbocycles. The van der Waals surface area contributed by atoms with Crippen molar-refractivity contribution in [3.8, 4) is 0 Å². The highest BCUT2D eigenvalue weighted by molar-refractivity contribution is 8.01. The van der Waals surface area contributed by atoms with Crippen LogP contribution in [0, 0.1) is 0 Å². The summed E-state index contributed by atoms with van der Waals surface area (Å²) >= 11 is 2.87. The summed E-state index contributed by atoms with van der Waals surface area (Å²) in [7, 11) is 0. The maximum atomic E-state index is 11.8. The Morgan fingerprint density at radius 3 is 3.05 bits per heavy atom. The van der Waals surface area contributed by atoms with Crippen LogP contribution >= 0.6 is 23.5 Å². The molecule has 0 bridgehead atoms. The van der Waals surface area contributed by atoms with E-state index in [1.54, 1.807) is 11.0 Å². The van der Waals surface area contributed by atoms with Crippen LogP contribution in [0.1, 0.15) is 6.92 Å². The van der Waals surface area contributed by atoms with Crippen molar-refractivity contribution in [2.75, 3.05) is 11.5 Å². The van der Waals surface area contributed by atoms with Gasteiger partial charge in [-0.2, -0.15) is 0 Å². The van der Waals surface area contributed by atoms with Crippen LogP contribution in [0.5, 0.6) is 0 Å². The maximum Gasteiger partial charge on any atom is 0.352 e. The molecule has 0 radical (unpaired) electrons. The first kappa shape index (κ1) is 15.4. The number of thioether (sulfide) groups is 2. The molecule has 1 saturated heterocycles. The topological polar surface area (TPSA) is 114 Å². The van der Waals surface area contributed by atoms with Crippen LogP contribution in [-0.4, -0.2) is 59.6 Å². The average molecular weight is 341 g/mol. The summed E-state index contributed by atoms with van der Waals surface area (Å²) in [6.07, 6.45) is 1.64. The van der Waals surface area contributed by atoms with E-state index in [1.807, 2.05) is 6.92 Å². The lowest BCUT2D eigenvalue weighted by Gasteiger charge is -2.48. The normalized spacial score (nSPS) is 24.3. The number of carbonyl (C=O) groups excluding carboxylic acids is 1. The molecule has 1 amide bonds. The third-order valence-corrected chi connectivity index (χ3v) is 5.80. The fraction of sp³-hybridized carbons (Fsp3) is 0.500. The summed E-state index contributed by atoms with van der Waals surface area (Å²) in [5.74, 6) is -0.432. The molecule has 0 saturated carbocycles. The molecule has 118 valence electrons. The molecule has 1 unspecified atom stereocenters. The molecule has 0 aromatic carbocycles. The predicted molar refractivity (Wildman–Crippen MR) is 82.1 cm³/mol. The first-order chi connectivity index (χ1) is 10.5. The monoisotopic (exact) mass is 341 g/mol. The van der Waals surface area contributed by atoms with E-state index in [0.717, 1.165) is 6.54 Å². The molecule has 0 spiro atoms. The van der Waals surface area contributed by atoms with Crippen LogP contribution in [0.3, 0.4) is 0 Å². The number of carboxylic acid groups (broad SMARTS) is 1. The van der Waals surface area contributed by atoms with Crippen LogP contribution in [0.2, 0.25) is 0 Å². The lowest BCUT2D eigenvalue weighted by Crippen LogP contribution is -2.68. The van der Waals surface area contributed by atoms with Gasteiger partial charge in [0.1, 0.15) is 23.4 Å². The minimum Gasteiger partial charge on any atom is -0.477 e. The summed E-state index contributed by atoms with van der Waals surface area (Å²) in [6.45, 7) is 2.69. The third-order valence-electron chi connectivity index (χ3n) is 3.51. The van der Waals surface area contributed by atoms with Crippen LogP contribution in [0.25, 0.3) is 0 Å². The van der Waals surface area contributed by atoms with E-state index >= 15 is 0 Å². The van der Waals surface area contributed by atoms with Crippen molar-refractivity contribution in [1.29, 1.82) is 0 Å². The number of nitrogens with zero attached hydrogens (tertiary/aromatic N) is 4. The fourth-order valence-corrected chi connectivity index (χ4v) is 4.59. The Bertz CT molecular complexity index is 659. The van der Waals surface area contributed by atoms with E-state index in [9.17, 15) is 14.7 Å². The number of aliphatic carboxylic acids is 1. The summed E-state index contributed by atoms with van der Waals surface area (Å²) in [4.78, 5) is 28.8. The van der Waals surface area contributed by atoms with Crippen LogP contribution in [0.4, 0.5) is 0 Å². The number of rotatable bonds is 5. The molecule has 2 atom stereocenters. The molecule has 8 nitrogen and oxygen atoms in total. The second kappa shape index (κ2) is 5.94. The highest BCUT2D eigenvalue weighted by Crippen LogP contribution is 2.40. The van der Waals surface area contributed by atoms with Gasteiger partial charge in [-0.25, -0.2) is 9.78 Å². The van der Waals surface area contributed by atoms with E-state index in [0.29, 0.717) is 22.2 Å². The lowest BCUT2D eigenvalue weighted by atomic mass is 10.0. The van der Waals surface area contributed by atoms with Gasteiger partial charge in [-0.05, 0) is 12.5 Å². The number of amides is 1. The fourth-order valence-electron chi connectivity index (χ4n) is 2.34. The molecule has 22 heavy (non-hydrogen) atoms. The van der Waals surface area contributed by atoms with Crippen LogP contribution < -0.4 is 5.73 Å². The molecule has 10 heteroatoms. The van der Waals surface area contributed by atoms with E-state index < -0.39 is 12.0 Å². The van der Waals surface area contributed by atoms with Gasteiger partial charge in [0.25, 0.3) is 0 Å². The molecule has 3 rings (SSSR count). The number of carbonyl (C=O) groups is 2. The molecule has 2 aliphatic rings. The number of carboxylic acids is 1. The Morgan fingerprint density at radius 1 is 1.64 bits per heavy atom. The maximum absolute atomic E-state index is 11.8. The van der Waals surface area contributed by atoms with Crippen molar-refractivity contribution in [2.45, 2.75) is 30.0 Å². The van der Waals surface area contributed by atoms with Gasteiger partial charge in [0.05, 0.1) is 0 Å². The number of aryl methyl sites for hydroxylation is 1. The van der Waals surface area contributed by atoms with Crippen LogP contribution in [-0.2, 0) is 16.1 Å². The third kappa shape index (κ3) is 2.50. The van der Waals surface area contributed by atoms with Crippen molar-refractivity contribution in [2.24, 2.45) is 5.73 Å². The SMILES string of the molecule is CCn1cnc(SCC2=C(C(=O)O)N3C(=O)C(N)[C@H]3SC2)n1. The van der Waals surface area contributed by atoms with Gasteiger partial charge in [-0.1, -0.05) is 11.8 Å². The van der Waals surface area contributed by atoms with E-state index in [2.05, 4.69) is 10.1 Å². The second-order valence-electron chi connectivity index (χ2n) is 4.86.